The molecule has 2 nitrogen and oxygen atoms in total. The molecule has 1 aromatic carbocycles. The summed E-state index contributed by atoms with van der Waals surface area (Å²) in [5, 5.41) is 3.56. The Kier molecular flexibility index (Phi) is 7.48. The van der Waals surface area contributed by atoms with E-state index in [-0.39, 0.29) is 0 Å². The molecule has 0 radical (unpaired) electrons. The van der Waals surface area contributed by atoms with Gasteiger partial charge in [-0.1, -0.05) is 43.2 Å². The Morgan fingerprint density at radius 1 is 1.15 bits per heavy atom. The van der Waals surface area contributed by atoms with Gasteiger partial charge in [0.15, 0.2) is 0 Å². The van der Waals surface area contributed by atoms with Crippen LogP contribution < -0.4 is 5.32 Å². The second-order valence-corrected chi connectivity index (χ2v) is 6.62. The first-order valence-electron chi connectivity index (χ1n) is 7.88. The predicted octanol–water partition coefficient (Wildman–Crippen LogP) is 3.38. The zero-order chi connectivity index (χ0) is 14.0. The third-order valence-corrected chi connectivity index (χ3v) is 4.74. The quantitative estimate of drug-likeness (QED) is 0.702. The Hall–Kier alpha value is -0.510. The highest BCUT2D eigenvalue weighted by molar-refractivity contribution is 7.98. The van der Waals surface area contributed by atoms with Crippen molar-refractivity contribution < 1.29 is 0 Å². The molecule has 1 aromatic rings. The fourth-order valence-corrected chi connectivity index (χ4v) is 3.35. The molecule has 0 aliphatic heterocycles. The second kappa shape index (κ2) is 9.43. The van der Waals surface area contributed by atoms with Crippen LogP contribution in [0.4, 0.5) is 0 Å². The highest BCUT2D eigenvalue weighted by Gasteiger charge is 2.22. The minimum Gasteiger partial charge on any atom is -0.315 e. The number of hydrogen-bond acceptors (Lipinski definition) is 3. The van der Waals surface area contributed by atoms with Crippen molar-refractivity contribution in [2.45, 2.75) is 38.3 Å². The van der Waals surface area contributed by atoms with Gasteiger partial charge < -0.3 is 5.32 Å². The van der Waals surface area contributed by atoms with Gasteiger partial charge in [-0.15, -0.1) is 0 Å². The van der Waals surface area contributed by atoms with Gasteiger partial charge in [0, 0.05) is 38.0 Å². The van der Waals surface area contributed by atoms with Crippen LogP contribution >= 0.6 is 11.8 Å². The summed E-state index contributed by atoms with van der Waals surface area (Å²) in [6, 6.07) is 11.7. The first kappa shape index (κ1) is 15.9. The normalized spacial score (nSPS) is 16.1. The largest absolute Gasteiger partial charge is 0.315 e. The Morgan fingerprint density at radius 2 is 1.90 bits per heavy atom. The maximum absolute atomic E-state index is 3.56. The second-order valence-electron chi connectivity index (χ2n) is 5.64. The topological polar surface area (TPSA) is 15.3 Å². The lowest BCUT2D eigenvalue weighted by molar-refractivity contribution is 0.190. The van der Waals surface area contributed by atoms with Gasteiger partial charge in [-0.05, 0) is 24.7 Å². The van der Waals surface area contributed by atoms with Crippen molar-refractivity contribution in [2.75, 3.05) is 31.6 Å². The van der Waals surface area contributed by atoms with Crippen LogP contribution in [-0.2, 0) is 6.54 Å². The predicted molar refractivity (Wildman–Crippen MR) is 90.4 cm³/mol. The van der Waals surface area contributed by atoms with Gasteiger partial charge >= 0.3 is 0 Å². The summed E-state index contributed by atoms with van der Waals surface area (Å²) < 4.78 is 0. The van der Waals surface area contributed by atoms with E-state index in [1.165, 1.54) is 43.5 Å². The molecule has 1 aliphatic rings. The van der Waals surface area contributed by atoms with Gasteiger partial charge in [0.1, 0.15) is 0 Å². The summed E-state index contributed by atoms with van der Waals surface area (Å²) in [4.78, 5) is 2.69. The molecule has 0 heterocycles. The molecule has 0 aromatic heterocycles. The van der Waals surface area contributed by atoms with Crippen LogP contribution in [0.1, 0.15) is 31.2 Å². The lowest BCUT2D eigenvalue weighted by Gasteiger charge is -2.29. The molecule has 112 valence electrons. The summed E-state index contributed by atoms with van der Waals surface area (Å²) in [5.74, 6) is 1.21. The first-order valence-corrected chi connectivity index (χ1v) is 9.27. The van der Waals surface area contributed by atoms with E-state index in [4.69, 9.17) is 0 Å². The number of benzene rings is 1. The van der Waals surface area contributed by atoms with Crippen LogP contribution in [0.5, 0.6) is 0 Å². The van der Waals surface area contributed by atoms with E-state index in [0.29, 0.717) is 0 Å². The van der Waals surface area contributed by atoms with Crippen LogP contribution in [0.25, 0.3) is 0 Å². The number of nitrogens with one attached hydrogen (secondary N) is 1. The molecule has 20 heavy (non-hydrogen) atoms. The molecule has 1 saturated carbocycles. The molecule has 0 saturated heterocycles. The van der Waals surface area contributed by atoms with Crippen molar-refractivity contribution in [1.82, 2.24) is 10.2 Å². The maximum atomic E-state index is 3.56. The van der Waals surface area contributed by atoms with E-state index in [1.54, 1.807) is 0 Å². The highest BCUT2D eigenvalue weighted by atomic mass is 32.2. The number of thioether (sulfide) groups is 1. The van der Waals surface area contributed by atoms with Crippen LogP contribution in [-0.4, -0.2) is 42.6 Å². The highest BCUT2D eigenvalue weighted by Crippen LogP contribution is 2.24. The average Bonchev–Trinajstić information content (AvgIpc) is 3.01. The van der Waals surface area contributed by atoms with Gasteiger partial charge in [-0.2, -0.15) is 11.8 Å². The van der Waals surface area contributed by atoms with Crippen molar-refractivity contribution in [3.63, 3.8) is 0 Å². The summed E-state index contributed by atoms with van der Waals surface area (Å²) in [6.45, 7) is 4.53. The van der Waals surface area contributed by atoms with Gasteiger partial charge in [0.25, 0.3) is 0 Å². The van der Waals surface area contributed by atoms with Gasteiger partial charge in [-0.25, -0.2) is 0 Å². The zero-order valence-electron chi connectivity index (χ0n) is 12.7. The van der Waals surface area contributed by atoms with E-state index < -0.39 is 0 Å². The summed E-state index contributed by atoms with van der Waals surface area (Å²) in [5.41, 5.74) is 1.45. The minimum absolute atomic E-state index is 0.803. The summed E-state index contributed by atoms with van der Waals surface area (Å²) in [7, 11) is 0. The fourth-order valence-electron chi connectivity index (χ4n) is 3.00. The molecule has 1 N–H and O–H groups in total. The van der Waals surface area contributed by atoms with Crippen molar-refractivity contribution in [1.29, 1.82) is 0 Å². The zero-order valence-corrected chi connectivity index (χ0v) is 13.5. The third-order valence-electron chi connectivity index (χ3n) is 4.13. The Bertz CT molecular complexity index is 349. The summed E-state index contributed by atoms with van der Waals surface area (Å²) in [6.07, 6.45) is 7.77. The first-order chi connectivity index (χ1) is 9.90. The average molecular weight is 292 g/mol. The molecule has 0 bridgehead atoms. The molecule has 3 heteroatoms. The van der Waals surface area contributed by atoms with E-state index in [9.17, 15) is 0 Å². The third kappa shape index (κ3) is 5.47. The minimum atomic E-state index is 0.803. The van der Waals surface area contributed by atoms with Crippen molar-refractivity contribution >= 4 is 11.8 Å². The van der Waals surface area contributed by atoms with Crippen molar-refractivity contribution in [3.8, 4) is 0 Å². The molecule has 2 rings (SSSR count). The number of nitrogens with zero attached hydrogens (tertiary/aromatic N) is 1. The van der Waals surface area contributed by atoms with Crippen LogP contribution in [0.3, 0.4) is 0 Å². The maximum Gasteiger partial charge on any atom is 0.0237 e. The monoisotopic (exact) mass is 292 g/mol. The SMILES string of the molecule is CSCCNCCN(Cc1ccccc1)C1CCCC1. The van der Waals surface area contributed by atoms with E-state index in [1.807, 2.05) is 11.8 Å². The Balaban J connectivity index is 1.81. The van der Waals surface area contributed by atoms with Crippen LogP contribution in [0, 0.1) is 0 Å². The number of hydrogen-bond donors (Lipinski definition) is 1. The molecule has 0 spiro atoms. The van der Waals surface area contributed by atoms with Crippen LogP contribution in [0.2, 0.25) is 0 Å². The smallest absolute Gasteiger partial charge is 0.0237 e. The van der Waals surface area contributed by atoms with Gasteiger partial charge in [0.2, 0.25) is 0 Å². The van der Waals surface area contributed by atoms with Crippen LogP contribution in [0.15, 0.2) is 30.3 Å². The molecule has 1 aliphatic carbocycles. The van der Waals surface area contributed by atoms with Crippen molar-refractivity contribution in [2.24, 2.45) is 0 Å². The molecule has 0 unspecified atom stereocenters. The standard InChI is InChI=1S/C17H28N2S/c1-20-14-12-18-11-13-19(17-9-5-6-10-17)15-16-7-3-2-4-8-16/h2-4,7-8,17-18H,5-6,9-15H2,1H3. The fraction of sp³-hybridized carbons (Fsp3) is 0.647. The molecule has 1 fully saturated rings. The number of rotatable bonds is 9. The Morgan fingerprint density at radius 3 is 2.60 bits per heavy atom. The van der Waals surface area contributed by atoms with E-state index >= 15 is 0 Å². The lowest BCUT2D eigenvalue weighted by atomic mass is 10.1. The van der Waals surface area contributed by atoms with Crippen molar-refractivity contribution in [3.05, 3.63) is 35.9 Å². The van der Waals surface area contributed by atoms with Gasteiger partial charge in [0.05, 0.1) is 0 Å². The summed E-state index contributed by atoms with van der Waals surface area (Å²) >= 11 is 1.91. The van der Waals surface area contributed by atoms with Gasteiger partial charge in [-0.3, -0.25) is 4.90 Å². The molecular weight excluding hydrogens is 264 g/mol. The van der Waals surface area contributed by atoms with E-state index in [2.05, 4.69) is 46.8 Å². The van der Waals surface area contributed by atoms with E-state index in [0.717, 1.165) is 25.7 Å². The lowest BCUT2D eigenvalue weighted by Crippen LogP contribution is -2.38. The molecule has 0 amide bonds. The Labute approximate surface area is 128 Å². The molecular formula is C17H28N2S. The molecule has 0 atom stereocenters.